The van der Waals surface area contributed by atoms with Gasteiger partial charge in [-0.2, -0.15) is 0 Å². The van der Waals surface area contributed by atoms with Crippen molar-refractivity contribution in [1.82, 2.24) is 0 Å². The average molecular weight is 571 g/mol. The summed E-state index contributed by atoms with van der Waals surface area (Å²) in [4.78, 5) is 13.2. The number of ether oxygens (including phenoxy) is 1. The molecular weight excluding hydrogens is 516 g/mol. The number of phenolic OH excluding ortho intramolecular Hbond substituents is 4. The van der Waals surface area contributed by atoms with Crippen molar-refractivity contribution in [3.8, 4) is 23.0 Å². The number of carbonyl (C=O) groups is 1. The minimum absolute atomic E-state index is 0.0315. The number of carbonyl (C=O) groups excluding carboxylic acids is 1. The van der Waals surface area contributed by atoms with Gasteiger partial charge in [0.25, 0.3) is 0 Å². The molecule has 0 spiro atoms. The van der Waals surface area contributed by atoms with E-state index in [4.69, 9.17) is 4.74 Å². The monoisotopic (exact) mass is 570 g/mol. The van der Waals surface area contributed by atoms with Crippen molar-refractivity contribution in [1.29, 1.82) is 0 Å². The van der Waals surface area contributed by atoms with Gasteiger partial charge in [-0.1, -0.05) is 90.9 Å². The number of unbranched alkanes of at least 4 members (excludes halogenated alkanes) is 12. The Labute approximate surface area is 247 Å². The van der Waals surface area contributed by atoms with Gasteiger partial charge in [-0.05, 0) is 74.3 Å². The zero-order valence-electron chi connectivity index (χ0n) is 25.5. The summed E-state index contributed by atoms with van der Waals surface area (Å²) in [5, 5.41) is 39.8. The Hall–Kier alpha value is -2.89. The molecule has 0 saturated heterocycles. The molecule has 4 N–H and O–H groups in total. The van der Waals surface area contributed by atoms with Crippen LogP contribution >= 0.6 is 0 Å². The van der Waals surface area contributed by atoms with Crippen LogP contribution in [0.15, 0.2) is 30.3 Å². The molecule has 0 aliphatic heterocycles. The highest BCUT2D eigenvalue weighted by Gasteiger charge is 2.22. The maximum Gasteiger partial charge on any atom is 0.342 e. The Bertz CT molecular complexity index is 998. The second-order valence-corrected chi connectivity index (χ2v) is 11.6. The Morgan fingerprint density at radius 3 is 1.76 bits per heavy atom. The number of hydrogen-bond acceptors (Lipinski definition) is 6. The maximum atomic E-state index is 13.2. The number of rotatable bonds is 22. The van der Waals surface area contributed by atoms with Crippen LogP contribution < -0.4 is 0 Å². The third-order valence-corrected chi connectivity index (χ3v) is 7.78. The van der Waals surface area contributed by atoms with Gasteiger partial charge in [0.15, 0.2) is 0 Å². The number of phenols is 4. The summed E-state index contributed by atoms with van der Waals surface area (Å²) in [6.07, 6.45) is 19.6. The van der Waals surface area contributed by atoms with Crippen molar-refractivity contribution in [3.63, 3.8) is 0 Å². The maximum absolute atomic E-state index is 13.2. The summed E-state index contributed by atoms with van der Waals surface area (Å²) < 4.78 is 5.91. The topological polar surface area (TPSA) is 107 Å². The van der Waals surface area contributed by atoms with Crippen molar-refractivity contribution >= 4 is 5.97 Å². The van der Waals surface area contributed by atoms with Gasteiger partial charge in [-0.3, -0.25) is 0 Å². The molecule has 0 aliphatic carbocycles. The van der Waals surface area contributed by atoms with Gasteiger partial charge in [-0.25, -0.2) is 4.79 Å². The number of aryl methyl sites for hydroxylation is 2. The van der Waals surface area contributed by atoms with Crippen molar-refractivity contribution in [2.45, 2.75) is 142 Å². The highest BCUT2D eigenvalue weighted by molar-refractivity contribution is 5.94. The predicted molar refractivity (Wildman–Crippen MR) is 166 cm³/mol. The number of benzene rings is 2. The normalized spacial score (nSPS) is 12.0. The molecule has 0 fully saturated rings. The molecule has 0 aromatic heterocycles. The summed E-state index contributed by atoms with van der Waals surface area (Å²) >= 11 is 0. The SMILES string of the molecule is CCCCCCCCCCCc1cc(O)cc(O)c1C(=O)OC(CCC)CCCCCCCc1cc(O)cc(O)c1. The molecule has 0 amide bonds. The smallest absolute Gasteiger partial charge is 0.342 e. The summed E-state index contributed by atoms with van der Waals surface area (Å²) in [7, 11) is 0. The zero-order chi connectivity index (χ0) is 29.9. The van der Waals surface area contributed by atoms with E-state index in [1.807, 2.05) is 0 Å². The summed E-state index contributed by atoms with van der Waals surface area (Å²) in [5.41, 5.74) is 1.79. The minimum atomic E-state index is -0.499. The van der Waals surface area contributed by atoms with E-state index >= 15 is 0 Å². The first kappa shape index (κ1) is 34.3. The van der Waals surface area contributed by atoms with E-state index in [0.717, 1.165) is 82.6 Å². The van der Waals surface area contributed by atoms with Crippen LogP contribution in [0.3, 0.4) is 0 Å². The quantitative estimate of drug-likeness (QED) is 0.0829. The molecule has 41 heavy (non-hydrogen) atoms. The van der Waals surface area contributed by atoms with Gasteiger partial charge >= 0.3 is 5.97 Å². The van der Waals surface area contributed by atoms with Crippen LogP contribution in [0.4, 0.5) is 0 Å². The van der Waals surface area contributed by atoms with Gasteiger partial charge in [0.1, 0.15) is 34.7 Å². The van der Waals surface area contributed by atoms with Crippen molar-refractivity contribution in [2.24, 2.45) is 0 Å². The third kappa shape index (κ3) is 14.0. The zero-order valence-corrected chi connectivity index (χ0v) is 25.5. The van der Waals surface area contributed by atoms with Crippen LogP contribution in [0, 0.1) is 0 Å². The van der Waals surface area contributed by atoms with E-state index in [1.54, 1.807) is 18.2 Å². The summed E-state index contributed by atoms with van der Waals surface area (Å²) in [6, 6.07) is 7.54. The fourth-order valence-corrected chi connectivity index (χ4v) is 5.55. The van der Waals surface area contributed by atoms with Gasteiger partial charge in [0.2, 0.25) is 0 Å². The largest absolute Gasteiger partial charge is 0.508 e. The molecule has 0 saturated carbocycles. The molecule has 6 nitrogen and oxygen atoms in total. The fourth-order valence-electron chi connectivity index (χ4n) is 5.55. The standard InChI is InChI=1S/C35H54O6/c1-3-5-6-7-8-9-10-13-16-20-28-24-31(38)26-33(39)34(28)35(40)41-32(18-4-2)21-17-14-11-12-15-19-27-22-29(36)25-30(37)23-27/h22-26,32,36-39H,3-21H2,1-2H3. The molecule has 1 unspecified atom stereocenters. The van der Waals surface area contributed by atoms with Crippen molar-refractivity contribution in [3.05, 3.63) is 47.0 Å². The van der Waals surface area contributed by atoms with Crippen molar-refractivity contribution in [2.75, 3.05) is 0 Å². The highest BCUT2D eigenvalue weighted by atomic mass is 16.5. The lowest BCUT2D eigenvalue weighted by molar-refractivity contribution is 0.0249. The van der Waals surface area contributed by atoms with Crippen LogP contribution in [0.5, 0.6) is 23.0 Å². The van der Waals surface area contributed by atoms with Gasteiger partial charge in [0.05, 0.1) is 0 Å². The summed E-state index contributed by atoms with van der Waals surface area (Å²) in [5.74, 6) is -0.561. The Kier molecular flexibility index (Phi) is 16.8. The fraction of sp³-hybridized carbons (Fsp3) is 0.629. The Balaban J connectivity index is 1.77. The average Bonchev–Trinajstić information content (AvgIpc) is 2.90. The van der Waals surface area contributed by atoms with Gasteiger partial charge in [-0.15, -0.1) is 0 Å². The van der Waals surface area contributed by atoms with Crippen LogP contribution in [-0.2, 0) is 17.6 Å². The second kappa shape index (κ2) is 20.1. The highest BCUT2D eigenvalue weighted by Crippen LogP contribution is 2.30. The van der Waals surface area contributed by atoms with E-state index in [-0.39, 0.29) is 34.7 Å². The van der Waals surface area contributed by atoms with Crippen LogP contribution in [0.2, 0.25) is 0 Å². The number of aromatic hydroxyl groups is 4. The lowest BCUT2D eigenvalue weighted by Gasteiger charge is -2.19. The molecule has 230 valence electrons. The summed E-state index contributed by atoms with van der Waals surface area (Å²) in [6.45, 7) is 4.31. The van der Waals surface area contributed by atoms with Crippen molar-refractivity contribution < 1.29 is 30.0 Å². The number of esters is 1. The first-order valence-electron chi connectivity index (χ1n) is 16.1. The molecular formula is C35H54O6. The van der Waals surface area contributed by atoms with E-state index < -0.39 is 5.97 Å². The Morgan fingerprint density at radius 2 is 1.15 bits per heavy atom. The van der Waals surface area contributed by atoms with Gasteiger partial charge < -0.3 is 25.2 Å². The second-order valence-electron chi connectivity index (χ2n) is 11.6. The van der Waals surface area contributed by atoms with Gasteiger partial charge in [0, 0.05) is 12.1 Å². The van der Waals surface area contributed by atoms with E-state index in [2.05, 4.69) is 13.8 Å². The molecule has 0 radical (unpaired) electrons. The van der Waals surface area contributed by atoms with Crippen LogP contribution in [0.25, 0.3) is 0 Å². The first-order chi connectivity index (χ1) is 19.8. The molecule has 1 atom stereocenters. The molecule has 2 aromatic rings. The number of hydrogen-bond donors (Lipinski definition) is 4. The van der Waals surface area contributed by atoms with E-state index in [1.165, 1.54) is 50.7 Å². The molecule has 0 aliphatic rings. The molecule has 0 bridgehead atoms. The van der Waals surface area contributed by atoms with E-state index in [9.17, 15) is 25.2 Å². The first-order valence-corrected chi connectivity index (χ1v) is 16.1. The predicted octanol–water partition coefficient (Wildman–Crippen LogP) is 9.49. The van der Waals surface area contributed by atoms with E-state index in [0.29, 0.717) is 12.0 Å². The lowest BCUT2D eigenvalue weighted by Crippen LogP contribution is -2.19. The van der Waals surface area contributed by atoms with Crippen LogP contribution in [-0.4, -0.2) is 32.5 Å². The molecule has 0 heterocycles. The molecule has 6 heteroatoms. The minimum Gasteiger partial charge on any atom is -0.508 e. The van der Waals surface area contributed by atoms with Crippen LogP contribution in [0.1, 0.15) is 144 Å². The molecule has 2 rings (SSSR count). The molecule has 2 aromatic carbocycles. The third-order valence-electron chi connectivity index (χ3n) is 7.78. The Morgan fingerprint density at radius 1 is 0.610 bits per heavy atom. The lowest BCUT2D eigenvalue weighted by atomic mass is 9.98.